The summed E-state index contributed by atoms with van der Waals surface area (Å²) in [6, 6.07) is 11.2. The Kier molecular flexibility index (Phi) is 5.96. The highest BCUT2D eigenvalue weighted by Gasteiger charge is 2.15. The Morgan fingerprint density at radius 3 is 2.84 bits per heavy atom. The van der Waals surface area contributed by atoms with Gasteiger partial charge in [-0.1, -0.05) is 11.6 Å². The zero-order chi connectivity index (χ0) is 22.7. The van der Waals surface area contributed by atoms with Crippen LogP contribution in [0.3, 0.4) is 0 Å². The quantitative estimate of drug-likeness (QED) is 0.484. The predicted molar refractivity (Wildman–Crippen MR) is 116 cm³/mol. The smallest absolute Gasteiger partial charge is 0.272 e. The molecule has 0 radical (unpaired) electrons. The van der Waals surface area contributed by atoms with Gasteiger partial charge in [0.1, 0.15) is 17.4 Å². The van der Waals surface area contributed by atoms with Crippen molar-refractivity contribution in [2.75, 3.05) is 0 Å². The Balaban J connectivity index is 1.41. The van der Waals surface area contributed by atoms with E-state index in [0.717, 1.165) is 5.69 Å². The number of carbonyl (C=O) groups excluding carboxylic acids is 1. The van der Waals surface area contributed by atoms with Gasteiger partial charge in [-0.3, -0.25) is 14.5 Å². The fraction of sp³-hybridized carbons (Fsp3) is 0.136. The van der Waals surface area contributed by atoms with Gasteiger partial charge < -0.3 is 5.32 Å². The van der Waals surface area contributed by atoms with Gasteiger partial charge in [0.2, 0.25) is 0 Å². The van der Waals surface area contributed by atoms with Crippen molar-refractivity contribution < 1.29 is 9.18 Å². The number of rotatable bonds is 6. The van der Waals surface area contributed by atoms with Gasteiger partial charge in [-0.15, -0.1) is 0 Å². The number of hydrogen-bond donors (Lipinski definition) is 1. The summed E-state index contributed by atoms with van der Waals surface area (Å²) in [7, 11) is 0. The average Bonchev–Trinajstić information content (AvgIpc) is 3.44. The first-order valence-electron chi connectivity index (χ1n) is 9.64. The molecule has 0 aliphatic carbocycles. The van der Waals surface area contributed by atoms with E-state index in [1.54, 1.807) is 58.4 Å². The van der Waals surface area contributed by atoms with Crippen LogP contribution in [0.2, 0.25) is 5.02 Å². The van der Waals surface area contributed by atoms with Crippen LogP contribution in [0.1, 0.15) is 23.0 Å². The Labute approximate surface area is 187 Å². The van der Waals surface area contributed by atoms with Crippen molar-refractivity contribution in [2.45, 2.75) is 19.5 Å². The fourth-order valence-electron chi connectivity index (χ4n) is 3.15. The van der Waals surface area contributed by atoms with E-state index in [4.69, 9.17) is 16.9 Å². The van der Waals surface area contributed by atoms with Crippen LogP contribution in [-0.4, -0.2) is 36.5 Å². The molecule has 0 saturated carbocycles. The number of amides is 1. The molecule has 0 aliphatic heterocycles. The van der Waals surface area contributed by atoms with Gasteiger partial charge in [0.25, 0.3) is 5.91 Å². The number of halogens is 2. The van der Waals surface area contributed by atoms with E-state index < -0.39 is 5.82 Å². The molecule has 0 fully saturated rings. The van der Waals surface area contributed by atoms with E-state index in [1.807, 2.05) is 13.0 Å². The summed E-state index contributed by atoms with van der Waals surface area (Å²) >= 11 is 5.98. The number of hydrogen-bond acceptors (Lipinski definition) is 5. The minimum absolute atomic E-state index is 0.0309. The number of benzene rings is 1. The van der Waals surface area contributed by atoms with E-state index in [0.29, 0.717) is 17.8 Å². The number of nitriles is 1. The molecule has 32 heavy (non-hydrogen) atoms. The summed E-state index contributed by atoms with van der Waals surface area (Å²) in [5, 5.41) is 20.6. The Hall–Kier alpha value is -4.03. The number of pyridine rings is 1. The standard InChI is InChI=1S/C22H17ClFN7O/c1-14(27-22(32)21-5-8-31(29-21)16-3-2-6-26-12-16)13-30-7-4-20(28-30)15-9-18(23)17(11-25)19(24)10-15/h2-10,12,14H,13H2,1H3,(H,27,32). The molecule has 3 heterocycles. The maximum atomic E-state index is 14.0. The third-order valence-corrected chi connectivity index (χ3v) is 4.96. The van der Waals surface area contributed by atoms with Crippen molar-refractivity contribution in [3.05, 3.63) is 83.3 Å². The molecule has 1 amide bonds. The van der Waals surface area contributed by atoms with Crippen molar-refractivity contribution in [2.24, 2.45) is 0 Å². The number of nitrogens with zero attached hydrogens (tertiary/aromatic N) is 6. The van der Waals surface area contributed by atoms with Crippen LogP contribution in [0, 0.1) is 17.1 Å². The minimum atomic E-state index is -0.698. The van der Waals surface area contributed by atoms with Gasteiger partial charge in [-0.25, -0.2) is 9.07 Å². The Morgan fingerprint density at radius 2 is 2.12 bits per heavy atom. The second-order valence-corrected chi connectivity index (χ2v) is 7.49. The van der Waals surface area contributed by atoms with Crippen molar-refractivity contribution in [3.63, 3.8) is 0 Å². The Morgan fingerprint density at radius 1 is 1.28 bits per heavy atom. The molecule has 1 aromatic carbocycles. The summed E-state index contributed by atoms with van der Waals surface area (Å²) in [5.41, 5.74) is 1.80. The van der Waals surface area contributed by atoms with E-state index in [1.165, 1.54) is 12.1 Å². The molecule has 4 rings (SSSR count). The van der Waals surface area contributed by atoms with Crippen molar-refractivity contribution in [1.29, 1.82) is 5.26 Å². The van der Waals surface area contributed by atoms with E-state index in [2.05, 4.69) is 20.5 Å². The molecule has 3 aromatic heterocycles. The largest absolute Gasteiger partial charge is 0.346 e. The van der Waals surface area contributed by atoms with Gasteiger partial charge >= 0.3 is 0 Å². The molecule has 8 nitrogen and oxygen atoms in total. The lowest BCUT2D eigenvalue weighted by Gasteiger charge is -2.13. The maximum Gasteiger partial charge on any atom is 0.272 e. The van der Waals surface area contributed by atoms with Crippen LogP contribution in [0.25, 0.3) is 16.9 Å². The van der Waals surface area contributed by atoms with E-state index in [-0.39, 0.29) is 28.2 Å². The van der Waals surface area contributed by atoms with Crippen LogP contribution in [0.4, 0.5) is 4.39 Å². The number of nitrogens with one attached hydrogen (secondary N) is 1. The molecule has 160 valence electrons. The third-order valence-electron chi connectivity index (χ3n) is 4.66. The second-order valence-electron chi connectivity index (χ2n) is 7.08. The Bertz CT molecular complexity index is 1290. The highest BCUT2D eigenvalue weighted by molar-refractivity contribution is 6.32. The first-order valence-corrected chi connectivity index (χ1v) is 10.0. The zero-order valence-corrected chi connectivity index (χ0v) is 17.7. The average molecular weight is 450 g/mol. The van der Waals surface area contributed by atoms with Crippen LogP contribution < -0.4 is 5.32 Å². The van der Waals surface area contributed by atoms with Crippen LogP contribution in [-0.2, 0) is 6.54 Å². The molecule has 10 heteroatoms. The summed E-state index contributed by atoms with van der Waals surface area (Å²) in [6.07, 6.45) is 6.73. The molecule has 0 saturated heterocycles. The minimum Gasteiger partial charge on any atom is -0.346 e. The zero-order valence-electron chi connectivity index (χ0n) is 16.9. The topological polar surface area (TPSA) is 101 Å². The molecule has 1 N–H and O–H groups in total. The monoisotopic (exact) mass is 449 g/mol. The maximum absolute atomic E-state index is 14.0. The first-order chi connectivity index (χ1) is 15.4. The van der Waals surface area contributed by atoms with Crippen molar-refractivity contribution >= 4 is 17.5 Å². The predicted octanol–water partition coefficient (Wildman–Crippen LogP) is 3.61. The highest BCUT2D eigenvalue weighted by atomic mass is 35.5. The first kappa shape index (κ1) is 21.2. The third kappa shape index (κ3) is 4.50. The summed E-state index contributed by atoms with van der Waals surface area (Å²) in [5.74, 6) is -1.01. The van der Waals surface area contributed by atoms with Crippen molar-refractivity contribution in [1.82, 2.24) is 29.9 Å². The molecular weight excluding hydrogens is 433 g/mol. The number of aromatic nitrogens is 5. The van der Waals surface area contributed by atoms with Crippen LogP contribution in [0.15, 0.2) is 61.2 Å². The van der Waals surface area contributed by atoms with Gasteiger partial charge in [-0.05, 0) is 43.3 Å². The molecule has 0 bridgehead atoms. The normalized spacial score (nSPS) is 11.7. The van der Waals surface area contributed by atoms with Crippen molar-refractivity contribution in [3.8, 4) is 23.0 Å². The lowest BCUT2D eigenvalue weighted by molar-refractivity contribution is 0.0930. The second kappa shape index (κ2) is 8.99. The van der Waals surface area contributed by atoms with Crippen LogP contribution >= 0.6 is 11.6 Å². The summed E-state index contributed by atoms with van der Waals surface area (Å²) in [6.45, 7) is 2.23. The van der Waals surface area contributed by atoms with Crippen LogP contribution in [0.5, 0.6) is 0 Å². The lowest BCUT2D eigenvalue weighted by atomic mass is 10.1. The molecule has 0 spiro atoms. The fourth-order valence-corrected chi connectivity index (χ4v) is 3.40. The van der Waals surface area contributed by atoms with Gasteiger partial charge in [0, 0.05) is 30.2 Å². The van der Waals surface area contributed by atoms with Gasteiger partial charge in [0.05, 0.1) is 29.1 Å². The molecular formula is C22H17ClFN7O. The molecule has 0 aliphatic rings. The van der Waals surface area contributed by atoms with E-state index in [9.17, 15) is 9.18 Å². The van der Waals surface area contributed by atoms with Gasteiger partial charge in [0.15, 0.2) is 5.69 Å². The highest BCUT2D eigenvalue weighted by Crippen LogP contribution is 2.26. The lowest BCUT2D eigenvalue weighted by Crippen LogP contribution is -2.36. The summed E-state index contributed by atoms with van der Waals surface area (Å²) in [4.78, 5) is 16.6. The SMILES string of the molecule is CC(Cn1ccc(-c2cc(F)c(C#N)c(Cl)c2)n1)NC(=O)c1ccn(-c2cccnc2)n1. The van der Waals surface area contributed by atoms with E-state index >= 15 is 0 Å². The molecule has 1 unspecified atom stereocenters. The molecule has 1 atom stereocenters. The van der Waals surface area contributed by atoms with Gasteiger partial charge in [-0.2, -0.15) is 15.5 Å². The molecule has 4 aromatic rings. The number of carbonyl (C=O) groups is 1. The summed E-state index contributed by atoms with van der Waals surface area (Å²) < 4.78 is 17.2.